The summed E-state index contributed by atoms with van der Waals surface area (Å²) in [6.45, 7) is 2.84. The number of nitrogens with zero attached hydrogens (tertiary/aromatic N) is 5. The van der Waals surface area contributed by atoms with Crippen molar-refractivity contribution in [2.75, 3.05) is 14.1 Å². The van der Waals surface area contributed by atoms with Crippen LogP contribution in [-0.2, 0) is 30.1 Å². The molecule has 3 rings (SSSR count). The zero-order valence-electron chi connectivity index (χ0n) is 24.5. The predicted octanol–water partition coefficient (Wildman–Crippen LogP) is 5.44. The fraction of sp³-hybridized carbons (Fsp3) is 0.516. The largest absolute Gasteiger partial charge is 0.347 e. The van der Waals surface area contributed by atoms with E-state index in [2.05, 4.69) is 16.9 Å². The molecule has 0 radical (unpaired) electrons. The highest BCUT2D eigenvalue weighted by Crippen LogP contribution is 2.22. The molecule has 0 aliphatic rings. The maximum atomic E-state index is 13.3. The van der Waals surface area contributed by atoms with E-state index >= 15 is 0 Å². The molecule has 3 aromatic rings. The van der Waals surface area contributed by atoms with E-state index in [0.717, 1.165) is 24.9 Å². The van der Waals surface area contributed by atoms with Crippen molar-refractivity contribution in [3.8, 4) is 0 Å². The molecule has 0 saturated heterocycles. The van der Waals surface area contributed by atoms with E-state index in [-0.39, 0.29) is 30.2 Å². The second kappa shape index (κ2) is 16.9. The van der Waals surface area contributed by atoms with Crippen LogP contribution in [0.2, 0.25) is 0 Å². The van der Waals surface area contributed by atoms with Crippen LogP contribution < -0.4 is 11.2 Å². The number of aryl methyl sites for hydroxylation is 1. The number of rotatable bonds is 17. The smallest absolute Gasteiger partial charge is 0.347 e. The summed E-state index contributed by atoms with van der Waals surface area (Å²) in [7, 11) is 3.25. The Morgan fingerprint density at radius 2 is 1.56 bits per heavy atom. The predicted molar refractivity (Wildman–Crippen MR) is 162 cm³/mol. The van der Waals surface area contributed by atoms with Crippen LogP contribution in [0.1, 0.15) is 81.4 Å². The number of amides is 1. The maximum Gasteiger partial charge on any atom is 0.347 e. The van der Waals surface area contributed by atoms with Gasteiger partial charge in [0.05, 0.1) is 0 Å². The van der Waals surface area contributed by atoms with Gasteiger partial charge in [0.1, 0.15) is 12.4 Å². The van der Waals surface area contributed by atoms with E-state index in [4.69, 9.17) is 0 Å². The van der Waals surface area contributed by atoms with Crippen LogP contribution in [0.3, 0.4) is 0 Å². The third-order valence-electron chi connectivity index (χ3n) is 6.92. The molecule has 0 spiro atoms. The third kappa shape index (κ3) is 10.9. The first-order valence-corrected chi connectivity index (χ1v) is 15.5. The van der Waals surface area contributed by atoms with Crippen molar-refractivity contribution in [3.05, 3.63) is 86.2 Å². The molecule has 41 heavy (non-hydrogen) atoms. The van der Waals surface area contributed by atoms with Gasteiger partial charge in [0.2, 0.25) is 5.91 Å². The van der Waals surface area contributed by atoms with Crippen molar-refractivity contribution in [3.63, 3.8) is 0 Å². The van der Waals surface area contributed by atoms with Gasteiger partial charge in [-0.1, -0.05) is 82.2 Å². The Balaban J connectivity index is 1.73. The molecule has 2 heterocycles. The lowest BCUT2D eigenvalue weighted by molar-refractivity contribution is -0.129. The summed E-state index contributed by atoms with van der Waals surface area (Å²) in [6, 6.07) is 6.34. The first-order chi connectivity index (χ1) is 19.8. The molecule has 0 bridgehead atoms. The van der Waals surface area contributed by atoms with Gasteiger partial charge in [0.15, 0.2) is 5.16 Å². The van der Waals surface area contributed by atoms with E-state index < -0.39 is 5.69 Å². The van der Waals surface area contributed by atoms with Crippen LogP contribution in [0.25, 0.3) is 0 Å². The van der Waals surface area contributed by atoms with Gasteiger partial charge in [-0.2, -0.15) is 4.98 Å². The Hall–Kier alpha value is -3.27. The van der Waals surface area contributed by atoms with Gasteiger partial charge in [-0.25, -0.2) is 14.2 Å². The van der Waals surface area contributed by atoms with Gasteiger partial charge < -0.3 is 9.47 Å². The van der Waals surface area contributed by atoms with Gasteiger partial charge in [-0.15, -0.1) is 0 Å². The van der Waals surface area contributed by atoms with E-state index in [1.807, 2.05) is 10.8 Å². The minimum Gasteiger partial charge on any atom is -0.347 e. The molecule has 8 nitrogen and oxygen atoms in total. The fourth-order valence-electron chi connectivity index (χ4n) is 4.45. The highest BCUT2D eigenvalue weighted by Gasteiger charge is 2.13. The Bertz CT molecular complexity index is 1370. The van der Waals surface area contributed by atoms with Crippen molar-refractivity contribution in [1.29, 1.82) is 0 Å². The summed E-state index contributed by atoms with van der Waals surface area (Å²) >= 11 is 1.46. The molecule has 10 heteroatoms. The lowest BCUT2D eigenvalue weighted by Gasteiger charge is -2.15. The number of unbranched alkanes of at least 4 members (excludes halogenated alkanes) is 8. The number of halogens is 1. The Morgan fingerprint density at radius 3 is 2.22 bits per heavy atom. The molecule has 0 aliphatic carbocycles. The van der Waals surface area contributed by atoms with Crippen LogP contribution in [0.4, 0.5) is 4.39 Å². The zero-order chi connectivity index (χ0) is 29.6. The normalized spacial score (nSPS) is 11.1. The van der Waals surface area contributed by atoms with Gasteiger partial charge >= 0.3 is 5.69 Å². The first-order valence-electron chi connectivity index (χ1n) is 14.5. The SMILES string of the molecule is CCCCCCCCCCCn1cc(Cc2cnc(=O)n(CC(=O)N(C)C)c2)c(=O)nc1SCc1ccc(F)cc1. The molecule has 0 aliphatic heterocycles. The molecule has 2 aromatic heterocycles. The molecule has 0 fully saturated rings. The Kier molecular flexibility index (Phi) is 13.3. The maximum absolute atomic E-state index is 13.3. The quantitative estimate of drug-likeness (QED) is 0.119. The summed E-state index contributed by atoms with van der Waals surface area (Å²) in [5.74, 6) is 0.0625. The molecule has 1 aromatic carbocycles. The standard InChI is InChI=1S/C31H42FN5O3S/c1-4-5-6-7-8-9-10-11-12-17-36-21-26(18-25-19-33-30(40)37(20-25)22-28(38)35(2)3)29(39)34-31(36)41-23-24-13-15-27(32)16-14-24/h13-16,19-21H,4-12,17-18,22-23H2,1-3H3. The van der Waals surface area contributed by atoms with Crippen LogP contribution in [-0.4, -0.2) is 44.0 Å². The van der Waals surface area contributed by atoms with Gasteiger partial charge in [0.25, 0.3) is 5.56 Å². The zero-order valence-corrected chi connectivity index (χ0v) is 25.3. The summed E-state index contributed by atoms with van der Waals surface area (Å²) < 4.78 is 16.6. The summed E-state index contributed by atoms with van der Waals surface area (Å²) in [5.41, 5.74) is 1.24. The number of aromatic nitrogens is 4. The number of likely N-dealkylation sites (N-methyl/N-ethyl adjacent to an activating group) is 1. The molecule has 0 unspecified atom stereocenters. The molecular formula is C31H42FN5O3S. The molecular weight excluding hydrogens is 541 g/mol. The van der Waals surface area contributed by atoms with Crippen molar-refractivity contribution >= 4 is 17.7 Å². The molecule has 0 atom stereocenters. The van der Waals surface area contributed by atoms with E-state index in [0.29, 0.717) is 22.0 Å². The first kappa shape index (κ1) is 32.2. The number of hydrogen-bond donors (Lipinski definition) is 0. The Labute approximate surface area is 246 Å². The monoisotopic (exact) mass is 583 g/mol. The Morgan fingerprint density at radius 1 is 0.902 bits per heavy atom. The molecule has 1 amide bonds. The van der Waals surface area contributed by atoms with Crippen molar-refractivity contribution in [1.82, 2.24) is 24.0 Å². The van der Waals surface area contributed by atoms with E-state index in [1.54, 1.807) is 32.4 Å². The second-order valence-corrected chi connectivity index (χ2v) is 11.6. The highest BCUT2D eigenvalue weighted by molar-refractivity contribution is 7.98. The van der Waals surface area contributed by atoms with Crippen LogP contribution >= 0.6 is 11.8 Å². The van der Waals surface area contributed by atoms with Gasteiger partial charge in [0, 0.05) is 57.0 Å². The summed E-state index contributed by atoms with van der Waals surface area (Å²) in [6.07, 6.45) is 16.1. The molecule has 0 saturated carbocycles. The van der Waals surface area contributed by atoms with Crippen LogP contribution in [0.15, 0.2) is 57.6 Å². The summed E-state index contributed by atoms with van der Waals surface area (Å²) in [4.78, 5) is 47.1. The number of carbonyl (C=O) groups excluding carboxylic acids is 1. The molecule has 222 valence electrons. The number of carbonyl (C=O) groups is 1. The lowest BCUT2D eigenvalue weighted by Crippen LogP contribution is -2.32. The van der Waals surface area contributed by atoms with Crippen LogP contribution in [0.5, 0.6) is 0 Å². The minimum atomic E-state index is -0.516. The fourth-order valence-corrected chi connectivity index (χ4v) is 5.40. The number of hydrogen-bond acceptors (Lipinski definition) is 6. The average Bonchev–Trinajstić information content (AvgIpc) is 2.95. The van der Waals surface area contributed by atoms with E-state index in [1.165, 1.54) is 84.5 Å². The summed E-state index contributed by atoms with van der Waals surface area (Å²) in [5, 5.41) is 0.627. The minimum absolute atomic E-state index is 0.118. The molecule has 0 N–H and O–H groups in total. The average molecular weight is 584 g/mol. The van der Waals surface area contributed by atoms with Gasteiger partial charge in [-0.05, 0) is 29.7 Å². The lowest BCUT2D eigenvalue weighted by atomic mass is 10.1. The van der Waals surface area contributed by atoms with Crippen molar-refractivity contribution in [2.24, 2.45) is 0 Å². The third-order valence-corrected chi connectivity index (χ3v) is 7.98. The second-order valence-electron chi connectivity index (χ2n) is 10.6. The highest BCUT2D eigenvalue weighted by atomic mass is 32.2. The number of thioether (sulfide) groups is 1. The van der Waals surface area contributed by atoms with E-state index in [9.17, 15) is 18.8 Å². The van der Waals surface area contributed by atoms with Crippen molar-refractivity contribution in [2.45, 2.75) is 95.1 Å². The number of benzene rings is 1. The van der Waals surface area contributed by atoms with Crippen molar-refractivity contribution < 1.29 is 9.18 Å². The topological polar surface area (TPSA) is 90.1 Å². The van der Waals surface area contributed by atoms with Gasteiger partial charge in [-0.3, -0.25) is 14.2 Å². The van der Waals surface area contributed by atoms with Crippen LogP contribution in [0, 0.1) is 5.82 Å².